The fraction of sp³-hybridized carbons (Fsp3) is 0.333. The van der Waals surface area contributed by atoms with E-state index in [1.165, 1.54) is 0 Å². The summed E-state index contributed by atoms with van der Waals surface area (Å²) in [6.45, 7) is 3.69. The zero-order chi connectivity index (χ0) is 18.1. The number of fused-ring (bicyclic) bond motifs is 1. The Hall–Kier alpha value is -2.62. The largest absolute Gasteiger partial charge is 0.480 e. The van der Waals surface area contributed by atoms with Gasteiger partial charge in [-0.05, 0) is 42.2 Å². The number of amides is 1. The summed E-state index contributed by atoms with van der Waals surface area (Å²) in [5.41, 5.74) is 0.482. The molecule has 4 heteroatoms. The van der Waals surface area contributed by atoms with Gasteiger partial charge in [-0.2, -0.15) is 0 Å². The van der Waals surface area contributed by atoms with Crippen molar-refractivity contribution in [3.05, 3.63) is 60.7 Å². The third-order valence-corrected chi connectivity index (χ3v) is 4.27. The van der Waals surface area contributed by atoms with Gasteiger partial charge in [0.15, 0.2) is 0 Å². The average Bonchev–Trinajstić information content (AvgIpc) is 2.62. The van der Waals surface area contributed by atoms with Crippen molar-refractivity contribution >= 4 is 22.6 Å². The molecule has 0 fully saturated rings. The first-order valence-electron chi connectivity index (χ1n) is 8.75. The first kappa shape index (κ1) is 18.7. The number of carbonyl (C=O) groups is 2. The molecule has 0 aliphatic carbocycles. The van der Waals surface area contributed by atoms with Gasteiger partial charge >= 0.3 is 5.97 Å². The van der Waals surface area contributed by atoms with Crippen molar-refractivity contribution < 1.29 is 14.7 Å². The summed E-state index contributed by atoms with van der Waals surface area (Å²) in [6, 6.07) is 12.3. The Balaban J connectivity index is 1.92. The molecule has 0 bridgehead atoms. The van der Waals surface area contributed by atoms with E-state index in [1.807, 2.05) is 36.4 Å². The molecule has 2 aromatic carbocycles. The van der Waals surface area contributed by atoms with Crippen LogP contribution in [0, 0.1) is 0 Å². The molecule has 2 aromatic rings. The predicted octanol–water partition coefficient (Wildman–Crippen LogP) is 4.55. The number of unbranched alkanes of at least 4 members (excludes halogenated alkanes) is 4. The van der Waals surface area contributed by atoms with E-state index < -0.39 is 12.0 Å². The van der Waals surface area contributed by atoms with Crippen LogP contribution >= 0.6 is 0 Å². The van der Waals surface area contributed by atoms with Gasteiger partial charge in [0.25, 0.3) is 5.91 Å². The number of benzene rings is 2. The quantitative estimate of drug-likeness (QED) is 0.493. The molecule has 0 saturated heterocycles. The number of allylic oxidation sites excluding steroid dienone is 1. The minimum absolute atomic E-state index is 0.343. The maximum atomic E-state index is 12.4. The van der Waals surface area contributed by atoms with Crippen molar-refractivity contribution in [3.8, 4) is 0 Å². The Labute approximate surface area is 148 Å². The Kier molecular flexibility index (Phi) is 7.20. The zero-order valence-electron chi connectivity index (χ0n) is 14.4. The standard InChI is InChI=1S/C21H25NO3/c1-2-3-4-5-6-7-12-19(21(24)25)22-20(23)18-14-13-16-10-8-9-11-17(16)15-18/h2,8-11,13-15,19H,1,3-7,12H2,(H,22,23)(H,24,25)/t19-/m1/s1. The van der Waals surface area contributed by atoms with Crippen LogP contribution in [0.2, 0.25) is 0 Å². The topological polar surface area (TPSA) is 66.4 Å². The number of hydrogen-bond donors (Lipinski definition) is 2. The molecular weight excluding hydrogens is 314 g/mol. The molecule has 0 aromatic heterocycles. The normalized spacial score (nSPS) is 11.8. The summed E-state index contributed by atoms with van der Waals surface area (Å²) in [7, 11) is 0. The minimum atomic E-state index is -0.986. The molecule has 4 nitrogen and oxygen atoms in total. The van der Waals surface area contributed by atoms with Crippen molar-refractivity contribution in [1.82, 2.24) is 5.32 Å². The molecule has 0 spiro atoms. The van der Waals surface area contributed by atoms with Crippen molar-refractivity contribution in [3.63, 3.8) is 0 Å². The third-order valence-electron chi connectivity index (χ3n) is 4.27. The van der Waals surface area contributed by atoms with Crippen LogP contribution in [0.1, 0.15) is 48.9 Å². The lowest BCUT2D eigenvalue weighted by atomic mass is 10.0. The van der Waals surface area contributed by atoms with E-state index in [2.05, 4.69) is 11.9 Å². The second kappa shape index (κ2) is 9.62. The van der Waals surface area contributed by atoms with Gasteiger partial charge in [-0.25, -0.2) is 4.79 Å². The van der Waals surface area contributed by atoms with Crippen molar-refractivity contribution in [2.24, 2.45) is 0 Å². The molecule has 0 heterocycles. The van der Waals surface area contributed by atoms with E-state index in [0.717, 1.165) is 42.9 Å². The smallest absolute Gasteiger partial charge is 0.326 e. The van der Waals surface area contributed by atoms with Crippen molar-refractivity contribution in [1.29, 1.82) is 0 Å². The number of hydrogen-bond acceptors (Lipinski definition) is 2. The maximum Gasteiger partial charge on any atom is 0.326 e. The predicted molar refractivity (Wildman–Crippen MR) is 101 cm³/mol. The zero-order valence-corrected chi connectivity index (χ0v) is 14.4. The molecule has 0 saturated carbocycles. The molecular formula is C21H25NO3. The fourth-order valence-electron chi connectivity index (χ4n) is 2.82. The van der Waals surface area contributed by atoms with Gasteiger partial charge in [0.05, 0.1) is 0 Å². The molecule has 0 aliphatic heterocycles. The average molecular weight is 339 g/mol. The molecule has 1 atom stereocenters. The number of aliphatic carboxylic acids is 1. The van der Waals surface area contributed by atoms with Gasteiger partial charge in [0.2, 0.25) is 0 Å². The second-order valence-electron chi connectivity index (χ2n) is 6.21. The summed E-state index contributed by atoms with van der Waals surface area (Å²) >= 11 is 0. The Morgan fingerprint density at radius 2 is 1.76 bits per heavy atom. The number of rotatable bonds is 10. The number of carbonyl (C=O) groups excluding carboxylic acids is 1. The first-order valence-corrected chi connectivity index (χ1v) is 8.75. The molecule has 0 aliphatic rings. The first-order chi connectivity index (χ1) is 12.1. The van der Waals surface area contributed by atoms with Crippen LogP contribution in [0.3, 0.4) is 0 Å². The van der Waals surface area contributed by atoms with Crippen LogP contribution < -0.4 is 5.32 Å². The Morgan fingerprint density at radius 1 is 1.04 bits per heavy atom. The highest BCUT2D eigenvalue weighted by Crippen LogP contribution is 2.16. The van der Waals surface area contributed by atoms with Crippen molar-refractivity contribution in [2.75, 3.05) is 0 Å². The molecule has 1 amide bonds. The summed E-state index contributed by atoms with van der Waals surface area (Å²) in [6.07, 6.45) is 7.20. The highest BCUT2D eigenvalue weighted by atomic mass is 16.4. The number of nitrogens with one attached hydrogen (secondary N) is 1. The summed E-state index contributed by atoms with van der Waals surface area (Å²) in [5.74, 6) is -1.33. The highest BCUT2D eigenvalue weighted by Gasteiger charge is 2.20. The van der Waals surface area contributed by atoms with Gasteiger partial charge in [0, 0.05) is 5.56 Å². The molecule has 2 rings (SSSR count). The third kappa shape index (κ3) is 5.75. The van der Waals surface area contributed by atoms with E-state index in [4.69, 9.17) is 0 Å². The molecule has 0 radical (unpaired) electrons. The monoisotopic (exact) mass is 339 g/mol. The molecule has 25 heavy (non-hydrogen) atoms. The fourth-order valence-corrected chi connectivity index (χ4v) is 2.82. The Bertz CT molecular complexity index is 739. The molecule has 0 unspecified atom stereocenters. The van der Waals surface area contributed by atoms with Gasteiger partial charge in [0.1, 0.15) is 6.04 Å². The summed E-state index contributed by atoms with van der Waals surface area (Å²) in [5, 5.41) is 14.0. The van der Waals surface area contributed by atoms with Crippen LogP contribution in [-0.2, 0) is 4.79 Å². The number of carboxylic acids is 1. The van der Waals surface area contributed by atoms with Gasteiger partial charge in [-0.3, -0.25) is 4.79 Å². The lowest BCUT2D eigenvalue weighted by molar-refractivity contribution is -0.139. The van der Waals surface area contributed by atoms with E-state index >= 15 is 0 Å². The maximum absolute atomic E-state index is 12.4. The van der Waals surface area contributed by atoms with E-state index in [-0.39, 0.29) is 5.91 Å². The Morgan fingerprint density at radius 3 is 2.48 bits per heavy atom. The van der Waals surface area contributed by atoms with Gasteiger partial charge in [-0.1, -0.05) is 55.7 Å². The van der Waals surface area contributed by atoms with Gasteiger partial charge in [-0.15, -0.1) is 6.58 Å². The van der Waals surface area contributed by atoms with Crippen molar-refractivity contribution in [2.45, 2.75) is 44.6 Å². The van der Waals surface area contributed by atoms with Crippen LogP contribution in [0.5, 0.6) is 0 Å². The molecule has 132 valence electrons. The van der Waals surface area contributed by atoms with E-state index in [9.17, 15) is 14.7 Å². The molecule has 2 N–H and O–H groups in total. The number of carboxylic acid groups (broad SMARTS) is 1. The van der Waals surface area contributed by atoms with Gasteiger partial charge < -0.3 is 10.4 Å². The summed E-state index contributed by atoms with van der Waals surface area (Å²) < 4.78 is 0. The SMILES string of the molecule is C=CCCCCCC[C@@H](NC(=O)c1ccc2ccccc2c1)C(=O)O. The summed E-state index contributed by atoms with van der Waals surface area (Å²) in [4.78, 5) is 23.8. The minimum Gasteiger partial charge on any atom is -0.480 e. The van der Waals surface area contributed by atoms with Crippen LogP contribution in [0.15, 0.2) is 55.1 Å². The van der Waals surface area contributed by atoms with Crippen LogP contribution in [0.4, 0.5) is 0 Å². The lowest BCUT2D eigenvalue weighted by Crippen LogP contribution is -2.40. The highest BCUT2D eigenvalue weighted by molar-refractivity contribution is 6.00. The van der Waals surface area contributed by atoms with E-state index in [1.54, 1.807) is 12.1 Å². The van der Waals surface area contributed by atoms with Crippen LogP contribution in [0.25, 0.3) is 10.8 Å². The lowest BCUT2D eigenvalue weighted by Gasteiger charge is -2.14. The van der Waals surface area contributed by atoms with E-state index in [0.29, 0.717) is 12.0 Å². The second-order valence-corrected chi connectivity index (χ2v) is 6.21. The van der Waals surface area contributed by atoms with Crippen LogP contribution in [-0.4, -0.2) is 23.0 Å².